The summed E-state index contributed by atoms with van der Waals surface area (Å²) in [5, 5.41) is 6.03. The van der Waals surface area contributed by atoms with E-state index in [9.17, 15) is 13.2 Å². The number of nitrogens with zero attached hydrogens (tertiary/aromatic N) is 2. The van der Waals surface area contributed by atoms with Crippen molar-refractivity contribution in [3.8, 4) is 0 Å². The minimum Gasteiger partial charge on any atom is -0.347 e. The van der Waals surface area contributed by atoms with Crippen LogP contribution in [-0.2, 0) is 9.84 Å². The number of halogens is 1. The molecule has 7 nitrogen and oxygen atoms in total. The lowest BCUT2D eigenvalue weighted by Gasteiger charge is -2.23. The van der Waals surface area contributed by atoms with E-state index in [0.29, 0.717) is 5.52 Å². The van der Waals surface area contributed by atoms with E-state index in [1.54, 1.807) is 24.4 Å². The highest BCUT2D eigenvalue weighted by atomic mass is 35.5. The van der Waals surface area contributed by atoms with E-state index < -0.39 is 9.84 Å². The Labute approximate surface area is 140 Å². The standard InChI is InChI=1S/C14H18N4O3S.ClH/c1-22(20,21)14-17-12(11-6-2-3-8-18(11)14)13(19)16-10-5-4-7-15-9-10;/h2-3,6,8,10,15H,4-5,7,9H2,1H3,(H,16,19);1H. The summed E-state index contributed by atoms with van der Waals surface area (Å²) >= 11 is 0. The molecule has 3 rings (SSSR count). The Morgan fingerprint density at radius 2 is 2.22 bits per heavy atom. The van der Waals surface area contributed by atoms with Gasteiger partial charge < -0.3 is 10.6 Å². The van der Waals surface area contributed by atoms with E-state index >= 15 is 0 Å². The van der Waals surface area contributed by atoms with Crippen LogP contribution in [0.25, 0.3) is 5.52 Å². The molecule has 1 aliphatic rings. The zero-order valence-electron chi connectivity index (χ0n) is 12.7. The highest BCUT2D eigenvalue weighted by molar-refractivity contribution is 7.90. The lowest BCUT2D eigenvalue weighted by molar-refractivity contribution is 0.0927. The maximum Gasteiger partial charge on any atom is 0.272 e. The van der Waals surface area contributed by atoms with Crippen LogP contribution < -0.4 is 10.6 Å². The highest BCUT2D eigenvalue weighted by Gasteiger charge is 2.24. The van der Waals surface area contributed by atoms with Crippen LogP contribution in [0.2, 0.25) is 0 Å². The van der Waals surface area contributed by atoms with Crippen molar-refractivity contribution in [2.45, 2.75) is 24.0 Å². The summed E-state index contributed by atoms with van der Waals surface area (Å²) in [5.74, 6) is -0.340. The van der Waals surface area contributed by atoms with E-state index in [2.05, 4.69) is 15.6 Å². The molecule has 1 fully saturated rings. The molecule has 2 aromatic heterocycles. The second-order valence-electron chi connectivity index (χ2n) is 5.49. The number of imidazole rings is 1. The molecule has 0 radical (unpaired) electrons. The SMILES string of the molecule is CS(=O)(=O)c1nc(C(=O)NC2CCCNC2)c2ccccn12.Cl. The molecular formula is C14H19ClN4O3S. The fourth-order valence-electron chi connectivity index (χ4n) is 2.67. The van der Waals surface area contributed by atoms with Crippen LogP contribution in [0.1, 0.15) is 23.3 Å². The van der Waals surface area contributed by atoms with Gasteiger partial charge >= 0.3 is 0 Å². The van der Waals surface area contributed by atoms with Crippen LogP contribution in [0.15, 0.2) is 29.6 Å². The van der Waals surface area contributed by atoms with Crippen molar-refractivity contribution in [1.82, 2.24) is 20.0 Å². The number of amides is 1. The molecule has 2 N–H and O–H groups in total. The average Bonchev–Trinajstić information content (AvgIpc) is 2.88. The van der Waals surface area contributed by atoms with Gasteiger partial charge in [-0.05, 0) is 31.5 Å². The topological polar surface area (TPSA) is 92.6 Å². The molecule has 0 spiro atoms. The Morgan fingerprint density at radius 3 is 2.87 bits per heavy atom. The fraction of sp³-hybridized carbons (Fsp3) is 0.429. The van der Waals surface area contributed by atoms with Gasteiger partial charge in [-0.1, -0.05) is 6.07 Å². The van der Waals surface area contributed by atoms with Gasteiger partial charge in [0, 0.05) is 25.0 Å². The van der Waals surface area contributed by atoms with Crippen molar-refractivity contribution < 1.29 is 13.2 Å². The molecule has 0 saturated carbocycles. The Bertz CT molecular complexity index is 813. The number of pyridine rings is 1. The van der Waals surface area contributed by atoms with Gasteiger partial charge in [-0.25, -0.2) is 13.4 Å². The molecule has 0 bridgehead atoms. The minimum absolute atomic E-state index is 0. The lowest BCUT2D eigenvalue weighted by Crippen LogP contribution is -2.45. The number of rotatable bonds is 3. The van der Waals surface area contributed by atoms with Crippen LogP contribution in [0.5, 0.6) is 0 Å². The summed E-state index contributed by atoms with van der Waals surface area (Å²) < 4.78 is 25.1. The first kappa shape index (κ1) is 17.7. The predicted molar refractivity (Wildman–Crippen MR) is 88.9 cm³/mol. The third kappa shape index (κ3) is 3.65. The molecule has 3 heterocycles. The van der Waals surface area contributed by atoms with Crippen LogP contribution in [-0.4, -0.2) is 49.1 Å². The quantitative estimate of drug-likeness (QED) is 0.840. The second kappa shape index (κ2) is 6.86. The summed E-state index contributed by atoms with van der Waals surface area (Å²) in [6.07, 6.45) is 4.59. The second-order valence-corrected chi connectivity index (χ2v) is 7.40. The first-order chi connectivity index (χ1) is 10.5. The van der Waals surface area contributed by atoms with Gasteiger partial charge in [0.1, 0.15) is 0 Å². The molecular weight excluding hydrogens is 340 g/mol. The molecule has 1 unspecified atom stereocenters. The van der Waals surface area contributed by atoms with Crippen LogP contribution in [0.3, 0.4) is 0 Å². The Balaban J connectivity index is 0.00000192. The van der Waals surface area contributed by atoms with Crippen molar-refractivity contribution in [2.24, 2.45) is 0 Å². The fourth-order valence-corrected chi connectivity index (χ4v) is 3.44. The first-order valence-corrected chi connectivity index (χ1v) is 9.04. The molecule has 0 aromatic carbocycles. The maximum atomic E-state index is 12.5. The molecule has 1 atom stereocenters. The minimum atomic E-state index is -3.52. The van der Waals surface area contributed by atoms with Gasteiger partial charge in [0.05, 0.1) is 5.52 Å². The number of fused-ring (bicyclic) bond motifs is 1. The predicted octanol–water partition coefficient (Wildman–Crippen LogP) is 0.641. The smallest absolute Gasteiger partial charge is 0.272 e. The van der Waals surface area contributed by atoms with E-state index in [1.165, 1.54) is 4.40 Å². The van der Waals surface area contributed by atoms with Crippen LogP contribution in [0.4, 0.5) is 0 Å². The van der Waals surface area contributed by atoms with Crippen molar-refractivity contribution in [1.29, 1.82) is 0 Å². The van der Waals surface area contributed by atoms with Crippen LogP contribution in [0, 0.1) is 0 Å². The van der Waals surface area contributed by atoms with Crippen molar-refractivity contribution in [3.63, 3.8) is 0 Å². The first-order valence-electron chi connectivity index (χ1n) is 7.15. The summed E-state index contributed by atoms with van der Waals surface area (Å²) in [4.78, 5) is 16.5. The largest absolute Gasteiger partial charge is 0.347 e. The van der Waals surface area contributed by atoms with Crippen molar-refractivity contribution in [2.75, 3.05) is 19.3 Å². The zero-order valence-corrected chi connectivity index (χ0v) is 14.3. The summed E-state index contributed by atoms with van der Waals surface area (Å²) in [5.41, 5.74) is 0.635. The zero-order chi connectivity index (χ0) is 15.7. The monoisotopic (exact) mass is 358 g/mol. The molecule has 2 aromatic rings. The highest BCUT2D eigenvalue weighted by Crippen LogP contribution is 2.17. The number of aromatic nitrogens is 2. The Kier molecular flexibility index (Phi) is 5.28. The van der Waals surface area contributed by atoms with Gasteiger partial charge in [-0.3, -0.25) is 9.20 Å². The number of hydrogen-bond acceptors (Lipinski definition) is 5. The van der Waals surface area contributed by atoms with E-state index in [4.69, 9.17) is 0 Å². The summed E-state index contributed by atoms with van der Waals surface area (Å²) in [7, 11) is -3.52. The number of piperidine rings is 1. The lowest BCUT2D eigenvalue weighted by atomic mass is 10.1. The van der Waals surface area contributed by atoms with Gasteiger partial charge in [-0.2, -0.15) is 0 Å². The third-order valence-corrected chi connectivity index (χ3v) is 4.65. The van der Waals surface area contributed by atoms with Gasteiger partial charge in [0.2, 0.25) is 15.0 Å². The molecule has 1 saturated heterocycles. The Morgan fingerprint density at radius 1 is 1.43 bits per heavy atom. The van der Waals surface area contributed by atoms with Gasteiger partial charge in [0.15, 0.2) is 5.69 Å². The van der Waals surface area contributed by atoms with E-state index in [-0.39, 0.29) is 35.2 Å². The molecule has 9 heteroatoms. The molecule has 126 valence electrons. The van der Waals surface area contributed by atoms with Gasteiger partial charge in [0.25, 0.3) is 5.91 Å². The number of hydrogen-bond donors (Lipinski definition) is 2. The summed E-state index contributed by atoms with van der Waals surface area (Å²) in [6, 6.07) is 5.19. The average molecular weight is 359 g/mol. The molecule has 1 amide bonds. The number of carbonyl (C=O) groups is 1. The van der Waals surface area contributed by atoms with E-state index in [1.807, 2.05) is 0 Å². The maximum absolute atomic E-state index is 12.5. The number of nitrogens with one attached hydrogen (secondary N) is 2. The summed E-state index contributed by atoms with van der Waals surface area (Å²) in [6.45, 7) is 1.68. The van der Waals surface area contributed by atoms with Crippen molar-refractivity contribution >= 4 is 33.7 Å². The van der Waals surface area contributed by atoms with Crippen molar-refractivity contribution in [3.05, 3.63) is 30.1 Å². The third-order valence-electron chi connectivity index (χ3n) is 3.69. The van der Waals surface area contributed by atoms with Crippen LogP contribution >= 0.6 is 12.4 Å². The molecule has 1 aliphatic heterocycles. The molecule has 23 heavy (non-hydrogen) atoms. The van der Waals surface area contributed by atoms with Gasteiger partial charge in [-0.15, -0.1) is 12.4 Å². The Hall–Kier alpha value is -1.64. The van der Waals surface area contributed by atoms with E-state index in [0.717, 1.165) is 32.2 Å². The number of sulfone groups is 1. The molecule has 0 aliphatic carbocycles. The normalized spacial score (nSPS) is 18.4. The number of carbonyl (C=O) groups excluding carboxylic acids is 1.